The lowest BCUT2D eigenvalue weighted by Gasteiger charge is -2.06. The number of nitrogen functional groups attached to an aromatic ring is 1. The molecule has 0 amide bonds. The van der Waals surface area contributed by atoms with E-state index < -0.39 is 0 Å². The van der Waals surface area contributed by atoms with Gasteiger partial charge in [-0.1, -0.05) is 23.8 Å². The van der Waals surface area contributed by atoms with Crippen LogP contribution < -0.4 is 11.5 Å². The number of aryl methyl sites for hydroxylation is 2. The average molecular weight is 176 g/mol. The van der Waals surface area contributed by atoms with Crippen molar-refractivity contribution in [1.82, 2.24) is 0 Å². The number of hydrogen-bond acceptors (Lipinski definition) is 2. The first-order chi connectivity index (χ1) is 6.15. The summed E-state index contributed by atoms with van der Waals surface area (Å²) in [6.45, 7) is 4.63. The van der Waals surface area contributed by atoms with E-state index in [-0.39, 0.29) is 0 Å². The van der Waals surface area contributed by atoms with Gasteiger partial charge in [0.25, 0.3) is 0 Å². The van der Waals surface area contributed by atoms with Gasteiger partial charge in [0.05, 0.1) is 0 Å². The Morgan fingerprint density at radius 2 is 2.00 bits per heavy atom. The van der Waals surface area contributed by atoms with Crippen LogP contribution in [0.5, 0.6) is 0 Å². The Labute approximate surface area is 79.2 Å². The van der Waals surface area contributed by atoms with Gasteiger partial charge in [0.2, 0.25) is 0 Å². The van der Waals surface area contributed by atoms with E-state index in [0.29, 0.717) is 6.54 Å². The van der Waals surface area contributed by atoms with Crippen LogP contribution in [0.4, 0.5) is 5.69 Å². The third-order valence-electron chi connectivity index (χ3n) is 2.00. The van der Waals surface area contributed by atoms with Crippen molar-refractivity contribution in [3.05, 3.63) is 34.9 Å². The van der Waals surface area contributed by atoms with Crippen molar-refractivity contribution >= 4 is 11.8 Å². The molecule has 0 fully saturated rings. The van der Waals surface area contributed by atoms with Gasteiger partial charge in [-0.25, -0.2) is 0 Å². The van der Waals surface area contributed by atoms with Crippen LogP contribution in [-0.4, -0.2) is 6.54 Å². The van der Waals surface area contributed by atoms with E-state index in [0.717, 1.165) is 16.8 Å². The zero-order chi connectivity index (χ0) is 9.84. The topological polar surface area (TPSA) is 52.0 Å². The van der Waals surface area contributed by atoms with Crippen LogP contribution in [0.15, 0.2) is 18.2 Å². The highest BCUT2D eigenvalue weighted by atomic mass is 14.6. The molecule has 13 heavy (non-hydrogen) atoms. The van der Waals surface area contributed by atoms with Crippen LogP contribution in [0, 0.1) is 13.8 Å². The minimum Gasteiger partial charge on any atom is -0.398 e. The molecule has 0 heterocycles. The van der Waals surface area contributed by atoms with Gasteiger partial charge < -0.3 is 11.5 Å². The first-order valence-electron chi connectivity index (χ1n) is 4.38. The van der Waals surface area contributed by atoms with Crippen molar-refractivity contribution in [2.45, 2.75) is 13.8 Å². The second-order valence-corrected chi connectivity index (χ2v) is 3.22. The Balaban J connectivity index is 3.12. The third-order valence-corrected chi connectivity index (χ3v) is 2.00. The molecule has 0 bridgehead atoms. The lowest BCUT2D eigenvalue weighted by Crippen LogP contribution is -1.96. The highest BCUT2D eigenvalue weighted by molar-refractivity contribution is 5.68. The Kier molecular flexibility index (Phi) is 3.09. The van der Waals surface area contributed by atoms with Crippen LogP contribution >= 0.6 is 0 Å². The molecule has 0 atom stereocenters. The van der Waals surface area contributed by atoms with Crippen LogP contribution in [-0.2, 0) is 0 Å². The molecule has 4 N–H and O–H groups in total. The van der Waals surface area contributed by atoms with E-state index in [1.807, 2.05) is 19.1 Å². The van der Waals surface area contributed by atoms with Gasteiger partial charge in [0.15, 0.2) is 0 Å². The van der Waals surface area contributed by atoms with Crippen molar-refractivity contribution in [3.8, 4) is 0 Å². The zero-order valence-electron chi connectivity index (χ0n) is 8.17. The number of nitrogens with two attached hydrogens (primary N) is 2. The van der Waals surface area contributed by atoms with Gasteiger partial charge in [-0.15, -0.1) is 0 Å². The maximum Gasteiger partial charge on any atom is 0.0417 e. The molecule has 1 rings (SSSR count). The molecule has 0 saturated heterocycles. The van der Waals surface area contributed by atoms with Crippen molar-refractivity contribution in [2.24, 2.45) is 5.73 Å². The van der Waals surface area contributed by atoms with Gasteiger partial charge in [-0.05, 0) is 31.0 Å². The van der Waals surface area contributed by atoms with Crippen molar-refractivity contribution < 1.29 is 0 Å². The van der Waals surface area contributed by atoms with Crippen LogP contribution in [0.25, 0.3) is 6.08 Å². The Hall–Kier alpha value is -1.28. The lowest BCUT2D eigenvalue weighted by molar-refractivity contribution is 1.26. The minimum absolute atomic E-state index is 0.548. The van der Waals surface area contributed by atoms with Crippen LogP contribution in [0.1, 0.15) is 16.7 Å². The summed E-state index contributed by atoms with van der Waals surface area (Å²) in [5.41, 5.74) is 15.5. The monoisotopic (exact) mass is 176 g/mol. The van der Waals surface area contributed by atoms with Crippen LogP contribution in [0.3, 0.4) is 0 Å². The normalized spacial score (nSPS) is 11.0. The highest BCUT2D eigenvalue weighted by Crippen LogP contribution is 2.20. The fourth-order valence-corrected chi connectivity index (χ4v) is 1.34. The second-order valence-electron chi connectivity index (χ2n) is 3.22. The predicted octanol–water partition coefficient (Wildman–Crippen LogP) is 1.86. The summed E-state index contributed by atoms with van der Waals surface area (Å²) in [6, 6.07) is 4.14. The molecular weight excluding hydrogens is 160 g/mol. The van der Waals surface area contributed by atoms with E-state index in [1.165, 1.54) is 5.56 Å². The highest BCUT2D eigenvalue weighted by Gasteiger charge is 1.99. The maximum atomic E-state index is 5.90. The first-order valence-corrected chi connectivity index (χ1v) is 4.38. The molecule has 70 valence electrons. The summed E-state index contributed by atoms with van der Waals surface area (Å²) in [4.78, 5) is 0. The summed E-state index contributed by atoms with van der Waals surface area (Å²) in [6.07, 6.45) is 3.87. The molecule has 2 heteroatoms. The summed E-state index contributed by atoms with van der Waals surface area (Å²) >= 11 is 0. The lowest BCUT2D eigenvalue weighted by atomic mass is 10.0. The molecule has 0 aromatic heterocycles. The predicted molar refractivity (Wildman–Crippen MR) is 58.4 cm³/mol. The Morgan fingerprint density at radius 1 is 1.31 bits per heavy atom. The summed E-state index contributed by atoms with van der Waals surface area (Å²) in [5.74, 6) is 0. The van der Waals surface area contributed by atoms with E-state index in [1.54, 1.807) is 0 Å². The Morgan fingerprint density at radius 3 is 2.62 bits per heavy atom. The summed E-state index contributed by atoms with van der Waals surface area (Å²) < 4.78 is 0. The summed E-state index contributed by atoms with van der Waals surface area (Å²) in [7, 11) is 0. The molecule has 1 aromatic carbocycles. The molecule has 0 aliphatic carbocycles. The fourth-order valence-electron chi connectivity index (χ4n) is 1.34. The van der Waals surface area contributed by atoms with Gasteiger partial charge in [0.1, 0.15) is 0 Å². The average Bonchev–Trinajstić information content (AvgIpc) is 2.09. The molecule has 0 saturated carbocycles. The van der Waals surface area contributed by atoms with Gasteiger partial charge in [-0.3, -0.25) is 0 Å². The molecule has 2 nitrogen and oxygen atoms in total. The molecule has 0 radical (unpaired) electrons. The standard InChI is InChI=1S/C11H16N2/c1-8-6-9(2)11(13)10(7-8)4-3-5-12/h3-4,6-7H,5,12-13H2,1-2H3. The molecule has 1 aromatic rings. The quantitative estimate of drug-likeness (QED) is 0.676. The molecule has 0 aliphatic heterocycles. The minimum atomic E-state index is 0.548. The molecule has 0 unspecified atom stereocenters. The maximum absolute atomic E-state index is 5.90. The number of hydrogen-bond donors (Lipinski definition) is 2. The third kappa shape index (κ3) is 2.33. The molecular formula is C11H16N2. The SMILES string of the molecule is Cc1cc(C)c(N)c(C=CCN)c1. The smallest absolute Gasteiger partial charge is 0.0417 e. The van der Waals surface area contributed by atoms with E-state index in [4.69, 9.17) is 11.5 Å². The zero-order valence-corrected chi connectivity index (χ0v) is 8.17. The number of rotatable bonds is 2. The summed E-state index contributed by atoms with van der Waals surface area (Å²) in [5, 5.41) is 0. The first kappa shape index (κ1) is 9.81. The second kappa shape index (κ2) is 4.10. The molecule has 0 spiro atoms. The van der Waals surface area contributed by atoms with Gasteiger partial charge >= 0.3 is 0 Å². The number of benzene rings is 1. The van der Waals surface area contributed by atoms with Crippen molar-refractivity contribution in [2.75, 3.05) is 12.3 Å². The molecule has 0 aliphatic rings. The largest absolute Gasteiger partial charge is 0.398 e. The number of anilines is 1. The van der Waals surface area contributed by atoms with Gasteiger partial charge in [0, 0.05) is 12.2 Å². The van der Waals surface area contributed by atoms with Crippen molar-refractivity contribution in [1.29, 1.82) is 0 Å². The fraction of sp³-hybridized carbons (Fsp3) is 0.273. The van der Waals surface area contributed by atoms with E-state index >= 15 is 0 Å². The Bertz CT molecular complexity index is 327. The van der Waals surface area contributed by atoms with Crippen molar-refractivity contribution in [3.63, 3.8) is 0 Å². The van der Waals surface area contributed by atoms with E-state index in [9.17, 15) is 0 Å². The van der Waals surface area contributed by atoms with E-state index in [2.05, 4.69) is 19.1 Å². The van der Waals surface area contributed by atoms with Crippen LogP contribution in [0.2, 0.25) is 0 Å². The van der Waals surface area contributed by atoms with Gasteiger partial charge in [-0.2, -0.15) is 0 Å².